The van der Waals surface area contributed by atoms with Crippen LogP contribution in [0.4, 0.5) is 0 Å². The summed E-state index contributed by atoms with van der Waals surface area (Å²) >= 11 is 0. The number of aliphatic hydroxyl groups is 4. The highest BCUT2D eigenvalue weighted by Gasteiger charge is 2.71. The molecule has 0 aromatic carbocycles. The van der Waals surface area contributed by atoms with E-state index in [0.717, 1.165) is 19.3 Å². The first-order valence-corrected chi connectivity index (χ1v) is 10.2. The Labute approximate surface area is 161 Å². The molecule has 0 radical (unpaired) electrons. The second kappa shape index (κ2) is 5.90. The van der Waals surface area contributed by atoms with Gasteiger partial charge in [0.1, 0.15) is 30.0 Å². The van der Waals surface area contributed by atoms with Gasteiger partial charge in [-0.05, 0) is 60.8 Å². The third kappa shape index (κ3) is 2.48. The van der Waals surface area contributed by atoms with E-state index in [-0.39, 0.29) is 28.4 Å². The van der Waals surface area contributed by atoms with E-state index in [0.29, 0.717) is 12.3 Å². The minimum Gasteiger partial charge on any atom is -0.393 e. The standard InChI is InChI=1S/C22H34O5/c1-11-6-7-14-20(3,4)15(23)8-9-21(14,5)13(11)10-22-18(26)16(24)12(2)17(25)19(22)27-22/h6,13-19,23-26H,2,7-10H2,1,3-5H3. The minimum atomic E-state index is -1.17. The molecule has 27 heavy (non-hydrogen) atoms. The Bertz CT molecular complexity index is 684. The van der Waals surface area contributed by atoms with Crippen molar-refractivity contribution in [1.29, 1.82) is 0 Å². The molecule has 0 bridgehead atoms. The molecular weight excluding hydrogens is 344 g/mol. The highest BCUT2D eigenvalue weighted by atomic mass is 16.6. The van der Waals surface area contributed by atoms with E-state index in [1.165, 1.54) is 5.57 Å². The molecule has 5 nitrogen and oxygen atoms in total. The maximum Gasteiger partial charge on any atom is 0.127 e. The lowest BCUT2D eigenvalue weighted by molar-refractivity contribution is -0.123. The van der Waals surface area contributed by atoms with Crippen LogP contribution in [-0.2, 0) is 4.74 Å². The highest BCUT2D eigenvalue weighted by molar-refractivity contribution is 5.32. The summed E-state index contributed by atoms with van der Waals surface area (Å²) in [5, 5.41) is 42.1. The molecule has 1 saturated heterocycles. The SMILES string of the molecule is C=C1C(O)C(O)C2(CC3C(C)=CCC4C(C)(C)C(O)CCC34C)OC2C1O. The molecule has 9 atom stereocenters. The van der Waals surface area contributed by atoms with Gasteiger partial charge in [0.05, 0.1) is 6.10 Å². The largest absolute Gasteiger partial charge is 0.393 e. The third-order valence-corrected chi connectivity index (χ3v) is 8.67. The van der Waals surface area contributed by atoms with E-state index in [2.05, 4.69) is 40.3 Å². The molecule has 1 heterocycles. The molecule has 3 aliphatic carbocycles. The number of aliphatic hydroxyl groups excluding tert-OH is 4. The number of ether oxygens (including phenoxy) is 1. The number of hydrogen-bond donors (Lipinski definition) is 4. The molecule has 0 amide bonds. The Morgan fingerprint density at radius 2 is 1.81 bits per heavy atom. The average molecular weight is 379 g/mol. The summed E-state index contributed by atoms with van der Waals surface area (Å²) in [5.41, 5.74) is 0.414. The third-order valence-electron chi connectivity index (χ3n) is 8.67. The van der Waals surface area contributed by atoms with Crippen molar-refractivity contribution >= 4 is 0 Å². The lowest BCUT2D eigenvalue weighted by atomic mass is 9.47. The van der Waals surface area contributed by atoms with E-state index >= 15 is 0 Å². The normalized spacial score (nSPS) is 54.0. The molecule has 9 unspecified atom stereocenters. The second-order valence-corrected chi connectivity index (χ2v) is 10.3. The molecule has 4 aliphatic rings. The second-order valence-electron chi connectivity index (χ2n) is 10.3. The monoisotopic (exact) mass is 378 g/mol. The van der Waals surface area contributed by atoms with Gasteiger partial charge in [-0.3, -0.25) is 0 Å². The molecule has 0 aromatic rings. The highest BCUT2D eigenvalue weighted by Crippen LogP contribution is 2.63. The molecule has 5 heteroatoms. The van der Waals surface area contributed by atoms with Crippen molar-refractivity contribution in [2.24, 2.45) is 22.7 Å². The first-order valence-electron chi connectivity index (χ1n) is 10.2. The zero-order chi connectivity index (χ0) is 19.9. The molecule has 152 valence electrons. The van der Waals surface area contributed by atoms with Gasteiger partial charge in [-0.15, -0.1) is 0 Å². The molecule has 4 N–H and O–H groups in total. The van der Waals surface area contributed by atoms with E-state index in [1.54, 1.807) is 0 Å². The molecule has 2 saturated carbocycles. The fourth-order valence-corrected chi connectivity index (χ4v) is 6.64. The predicted molar refractivity (Wildman–Crippen MR) is 102 cm³/mol. The maximum atomic E-state index is 10.8. The molecule has 0 spiro atoms. The van der Waals surface area contributed by atoms with E-state index in [4.69, 9.17) is 4.74 Å². The van der Waals surface area contributed by atoms with Crippen LogP contribution in [0.1, 0.15) is 53.4 Å². The van der Waals surface area contributed by atoms with Crippen molar-refractivity contribution in [3.63, 3.8) is 0 Å². The Hall–Kier alpha value is -0.720. The number of allylic oxidation sites excluding steroid dienone is 2. The number of hydrogen-bond acceptors (Lipinski definition) is 5. The van der Waals surface area contributed by atoms with Gasteiger partial charge in [-0.2, -0.15) is 0 Å². The van der Waals surface area contributed by atoms with Crippen LogP contribution >= 0.6 is 0 Å². The van der Waals surface area contributed by atoms with Crippen LogP contribution in [0.5, 0.6) is 0 Å². The van der Waals surface area contributed by atoms with Gasteiger partial charge >= 0.3 is 0 Å². The Morgan fingerprint density at radius 3 is 2.48 bits per heavy atom. The molecular formula is C22H34O5. The number of fused-ring (bicyclic) bond motifs is 2. The van der Waals surface area contributed by atoms with Crippen molar-refractivity contribution in [2.45, 2.75) is 89.5 Å². The van der Waals surface area contributed by atoms with E-state index in [1.807, 2.05) is 0 Å². The van der Waals surface area contributed by atoms with Crippen molar-refractivity contribution < 1.29 is 25.2 Å². The first kappa shape index (κ1) is 19.6. The Morgan fingerprint density at radius 1 is 1.15 bits per heavy atom. The van der Waals surface area contributed by atoms with Gasteiger partial charge in [0.25, 0.3) is 0 Å². The van der Waals surface area contributed by atoms with E-state index < -0.39 is 30.0 Å². The van der Waals surface area contributed by atoms with Crippen LogP contribution < -0.4 is 0 Å². The lowest BCUT2D eigenvalue weighted by Gasteiger charge is -2.59. The molecule has 3 fully saturated rings. The van der Waals surface area contributed by atoms with Gasteiger partial charge in [0.2, 0.25) is 0 Å². The summed E-state index contributed by atoms with van der Waals surface area (Å²) in [6.07, 6.45) is 1.50. The van der Waals surface area contributed by atoms with Crippen LogP contribution in [0.15, 0.2) is 23.8 Å². The van der Waals surface area contributed by atoms with Crippen molar-refractivity contribution in [1.82, 2.24) is 0 Å². The maximum absolute atomic E-state index is 10.8. The van der Waals surface area contributed by atoms with Crippen molar-refractivity contribution in [2.75, 3.05) is 0 Å². The van der Waals surface area contributed by atoms with Crippen molar-refractivity contribution in [3.8, 4) is 0 Å². The topological polar surface area (TPSA) is 93.5 Å². The summed E-state index contributed by atoms with van der Waals surface area (Å²) in [6, 6.07) is 0. The number of epoxide rings is 1. The quantitative estimate of drug-likeness (QED) is 0.435. The van der Waals surface area contributed by atoms with Crippen LogP contribution in [-0.4, -0.2) is 56.5 Å². The fourth-order valence-electron chi connectivity index (χ4n) is 6.64. The van der Waals surface area contributed by atoms with Crippen LogP contribution in [0.25, 0.3) is 0 Å². The zero-order valence-electron chi connectivity index (χ0n) is 16.9. The van der Waals surface area contributed by atoms with Gasteiger partial charge < -0.3 is 25.2 Å². The summed E-state index contributed by atoms with van der Waals surface area (Å²) in [4.78, 5) is 0. The summed E-state index contributed by atoms with van der Waals surface area (Å²) in [6.45, 7) is 12.5. The van der Waals surface area contributed by atoms with E-state index in [9.17, 15) is 20.4 Å². The summed E-state index contributed by atoms with van der Waals surface area (Å²) in [7, 11) is 0. The molecule has 1 aliphatic heterocycles. The molecule has 0 aromatic heterocycles. The summed E-state index contributed by atoms with van der Waals surface area (Å²) in [5.74, 6) is 0.509. The van der Waals surface area contributed by atoms with Gasteiger partial charge in [0.15, 0.2) is 0 Å². The molecule has 4 rings (SSSR count). The van der Waals surface area contributed by atoms with Crippen LogP contribution in [0.3, 0.4) is 0 Å². The Kier molecular flexibility index (Phi) is 4.28. The van der Waals surface area contributed by atoms with Crippen molar-refractivity contribution in [3.05, 3.63) is 23.8 Å². The lowest BCUT2D eigenvalue weighted by Crippen LogP contribution is -2.57. The predicted octanol–water partition coefficient (Wildman–Crippen LogP) is 1.94. The first-order chi connectivity index (χ1) is 12.5. The van der Waals surface area contributed by atoms with Crippen LogP contribution in [0, 0.1) is 22.7 Å². The summed E-state index contributed by atoms with van der Waals surface area (Å²) < 4.78 is 5.88. The van der Waals surface area contributed by atoms with Crippen LogP contribution in [0.2, 0.25) is 0 Å². The fraction of sp³-hybridized carbons (Fsp3) is 0.818. The van der Waals surface area contributed by atoms with Gasteiger partial charge in [0, 0.05) is 0 Å². The minimum absolute atomic E-state index is 0.0170. The Balaban J connectivity index is 1.67. The smallest absolute Gasteiger partial charge is 0.127 e. The zero-order valence-corrected chi connectivity index (χ0v) is 16.9. The van der Waals surface area contributed by atoms with Gasteiger partial charge in [-0.1, -0.05) is 39.0 Å². The average Bonchev–Trinajstić information content (AvgIpc) is 3.34. The number of rotatable bonds is 2. The van der Waals surface area contributed by atoms with Gasteiger partial charge in [-0.25, -0.2) is 0 Å².